The molecule has 0 bridgehead atoms. The highest BCUT2D eigenvalue weighted by atomic mass is 32.2. The van der Waals surface area contributed by atoms with E-state index in [2.05, 4.69) is 0 Å². The van der Waals surface area contributed by atoms with Gasteiger partial charge >= 0.3 is 7.48 Å². The van der Waals surface area contributed by atoms with Gasteiger partial charge in [-0.05, 0) is 46.2 Å². The van der Waals surface area contributed by atoms with Crippen LogP contribution in [0.1, 0.15) is 34.1 Å². The molecule has 0 aromatic heterocycles. The van der Waals surface area contributed by atoms with Gasteiger partial charge in [-0.1, -0.05) is 11.5 Å². The molecule has 0 unspecified atom stereocenters. The first-order chi connectivity index (χ1) is 10.4. The van der Waals surface area contributed by atoms with Gasteiger partial charge < -0.3 is 9.76 Å². The summed E-state index contributed by atoms with van der Waals surface area (Å²) in [5.74, 6) is -0.572. The Bertz CT molecular complexity index is 685. The highest BCUT2D eigenvalue weighted by Gasteiger charge is 2.36. The van der Waals surface area contributed by atoms with Crippen molar-refractivity contribution in [1.29, 1.82) is 0 Å². The van der Waals surface area contributed by atoms with E-state index in [4.69, 9.17) is 4.65 Å². The van der Waals surface area contributed by atoms with Gasteiger partial charge in [-0.25, -0.2) is 12.8 Å². The van der Waals surface area contributed by atoms with Gasteiger partial charge in [-0.3, -0.25) is 4.31 Å². The summed E-state index contributed by atoms with van der Waals surface area (Å²) < 4.78 is 44.7. The van der Waals surface area contributed by atoms with E-state index in [1.54, 1.807) is 33.8 Å². The lowest BCUT2D eigenvalue weighted by molar-refractivity contribution is -0.0893. The van der Waals surface area contributed by atoms with Crippen molar-refractivity contribution in [3.63, 3.8) is 0 Å². The van der Waals surface area contributed by atoms with Gasteiger partial charge in [0.05, 0.1) is 22.6 Å². The third-order valence-electron chi connectivity index (χ3n) is 4.30. The second kappa shape index (κ2) is 6.07. The molecule has 1 fully saturated rings. The Balaban J connectivity index is 2.14. The molecule has 0 saturated carbocycles. The van der Waals surface area contributed by atoms with Crippen LogP contribution in [0, 0.1) is 5.82 Å². The number of hydrogen-bond acceptors (Lipinski definition) is 4. The number of nitrogens with zero attached hydrogens (tertiary/aromatic N) is 1. The van der Waals surface area contributed by atoms with Gasteiger partial charge in [0.25, 0.3) is 0 Å². The van der Waals surface area contributed by atoms with Crippen LogP contribution >= 0.6 is 0 Å². The molecule has 2 rings (SSSR count). The SMILES string of the molecule is CC(C)(O)C(C)(C)O[B]c1ccc(N2CCCS2(=O)=O)c(F)c1. The first-order valence-corrected chi connectivity index (χ1v) is 9.08. The van der Waals surface area contributed by atoms with Crippen LogP contribution in [0.2, 0.25) is 0 Å². The fraction of sp³-hybridized carbons (Fsp3) is 0.600. The van der Waals surface area contributed by atoms with E-state index in [0.717, 1.165) is 4.31 Å². The van der Waals surface area contributed by atoms with E-state index >= 15 is 0 Å². The third-order valence-corrected chi connectivity index (χ3v) is 6.16. The maximum Gasteiger partial charge on any atom is 0.331 e. The first kappa shape index (κ1) is 18.2. The second-order valence-corrected chi connectivity index (χ2v) is 8.77. The molecule has 127 valence electrons. The fourth-order valence-electron chi connectivity index (χ4n) is 2.07. The molecule has 1 aromatic carbocycles. The predicted molar refractivity (Wildman–Crippen MR) is 89.0 cm³/mol. The molecule has 0 aliphatic carbocycles. The van der Waals surface area contributed by atoms with Crippen LogP contribution in [0.5, 0.6) is 0 Å². The molecule has 1 saturated heterocycles. The minimum absolute atomic E-state index is 0.0448. The Morgan fingerprint density at radius 1 is 1.30 bits per heavy atom. The second-order valence-electron chi connectivity index (χ2n) is 6.76. The average molecular weight is 342 g/mol. The molecule has 1 N–H and O–H groups in total. The summed E-state index contributed by atoms with van der Waals surface area (Å²) in [5.41, 5.74) is -1.42. The molecular weight excluding hydrogens is 320 g/mol. The minimum atomic E-state index is -3.41. The summed E-state index contributed by atoms with van der Waals surface area (Å²) in [6.45, 7) is 7.01. The van der Waals surface area contributed by atoms with Gasteiger partial charge in [-0.15, -0.1) is 0 Å². The van der Waals surface area contributed by atoms with Crippen molar-refractivity contribution in [3.05, 3.63) is 24.0 Å². The summed E-state index contributed by atoms with van der Waals surface area (Å²) in [7, 11) is -2.05. The molecule has 0 atom stereocenters. The summed E-state index contributed by atoms with van der Waals surface area (Å²) in [6, 6.07) is 4.25. The molecular formula is C15H22BFNO4S. The summed E-state index contributed by atoms with van der Waals surface area (Å²) in [6.07, 6.45) is 0.499. The van der Waals surface area contributed by atoms with Crippen molar-refractivity contribution in [3.8, 4) is 0 Å². The predicted octanol–water partition coefficient (Wildman–Crippen LogP) is 1.18. The van der Waals surface area contributed by atoms with E-state index in [0.29, 0.717) is 18.4 Å². The zero-order valence-corrected chi connectivity index (χ0v) is 14.7. The molecule has 1 heterocycles. The number of hydrogen-bond donors (Lipinski definition) is 1. The number of rotatable bonds is 5. The topological polar surface area (TPSA) is 66.8 Å². The smallest absolute Gasteiger partial charge is 0.331 e. The number of halogens is 1. The van der Waals surface area contributed by atoms with Gasteiger partial charge in [0, 0.05) is 6.54 Å². The first-order valence-electron chi connectivity index (χ1n) is 7.47. The lowest BCUT2D eigenvalue weighted by Crippen LogP contribution is -2.49. The Labute approximate surface area is 137 Å². The zero-order chi connectivity index (χ0) is 17.5. The highest BCUT2D eigenvalue weighted by molar-refractivity contribution is 7.93. The maximum atomic E-state index is 14.3. The standard InChI is InChI=1S/C15H22BFNO4S/c1-14(2,19)15(3,4)22-16-11-6-7-13(12(17)10-11)18-8-5-9-23(18,20)21/h6-7,10,19H,5,8-9H2,1-4H3. The number of benzene rings is 1. The summed E-state index contributed by atoms with van der Waals surface area (Å²) >= 11 is 0. The Morgan fingerprint density at radius 3 is 2.43 bits per heavy atom. The van der Waals surface area contributed by atoms with Crippen molar-refractivity contribution >= 4 is 28.7 Å². The molecule has 0 spiro atoms. The van der Waals surface area contributed by atoms with E-state index in [1.807, 2.05) is 0 Å². The normalized spacial score (nSPS) is 18.3. The molecule has 1 aliphatic rings. The van der Waals surface area contributed by atoms with Crippen molar-refractivity contribution in [2.45, 2.75) is 45.3 Å². The zero-order valence-electron chi connectivity index (χ0n) is 13.8. The van der Waals surface area contributed by atoms with Crippen LogP contribution in [0.15, 0.2) is 18.2 Å². The molecule has 0 amide bonds. The molecule has 8 heteroatoms. The van der Waals surface area contributed by atoms with E-state index in [9.17, 15) is 17.9 Å². The largest absolute Gasteiger partial charge is 0.427 e. The summed E-state index contributed by atoms with van der Waals surface area (Å²) in [5, 5.41) is 10.0. The lowest BCUT2D eigenvalue weighted by atomic mass is 9.82. The van der Waals surface area contributed by atoms with Gasteiger partial charge in [0.1, 0.15) is 5.82 Å². The average Bonchev–Trinajstić information content (AvgIpc) is 2.75. The van der Waals surface area contributed by atoms with Crippen LogP contribution in [0.25, 0.3) is 0 Å². The monoisotopic (exact) mass is 342 g/mol. The highest BCUT2D eigenvalue weighted by Crippen LogP contribution is 2.27. The minimum Gasteiger partial charge on any atom is -0.427 e. The molecule has 23 heavy (non-hydrogen) atoms. The molecule has 1 aliphatic heterocycles. The van der Waals surface area contributed by atoms with E-state index < -0.39 is 27.0 Å². The fourth-order valence-corrected chi connectivity index (χ4v) is 3.64. The van der Waals surface area contributed by atoms with Crippen molar-refractivity contribution in [2.24, 2.45) is 0 Å². The lowest BCUT2D eigenvalue weighted by Gasteiger charge is -2.37. The van der Waals surface area contributed by atoms with E-state index in [-0.39, 0.29) is 11.4 Å². The van der Waals surface area contributed by atoms with Crippen molar-refractivity contribution < 1.29 is 22.6 Å². The van der Waals surface area contributed by atoms with Crippen LogP contribution < -0.4 is 9.77 Å². The maximum absolute atomic E-state index is 14.3. The number of aliphatic hydroxyl groups is 1. The summed E-state index contributed by atoms with van der Waals surface area (Å²) in [4.78, 5) is 0. The number of anilines is 1. The van der Waals surface area contributed by atoms with Crippen molar-refractivity contribution in [1.82, 2.24) is 0 Å². The molecule has 1 radical (unpaired) electrons. The molecule has 1 aromatic rings. The van der Waals surface area contributed by atoms with Crippen LogP contribution in [-0.2, 0) is 14.7 Å². The van der Waals surface area contributed by atoms with Crippen LogP contribution in [-0.4, -0.2) is 44.5 Å². The van der Waals surface area contributed by atoms with Gasteiger partial charge in [0.2, 0.25) is 10.0 Å². The molecule has 5 nitrogen and oxygen atoms in total. The Kier molecular flexibility index (Phi) is 4.81. The van der Waals surface area contributed by atoms with Crippen LogP contribution in [0.3, 0.4) is 0 Å². The van der Waals surface area contributed by atoms with Gasteiger partial charge in [-0.2, -0.15) is 0 Å². The Morgan fingerprint density at radius 2 is 1.96 bits per heavy atom. The quantitative estimate of drug-likeness (QED) is 0.816. The van der Waals surface area contributed by atoms with Gasteiger partial charge in [0.15, 0.2) is 0 Å². The Hall–Kier alpha value is -1.12. The van der Waals surface area contributed by atoms with Crippen LogP contribution in [0.4, 0.5) is 10.1 Å². The van der Waals surface area contributed by atoms with E-state index in [1.165, 1.54) is 19.6 Å². The van der Waals surface area contributed by atoms with Crippen molar-refractivity contribution in [2.75, 3.05) is 16.6 Å². The number of sulfonamides is 1. The third kappa shape index (κ3) is 3.87.